The zero-order valence-electron chi connectivity index (χ0n) is 11.1. The third kappa shape index (κ3) is 6.49. The van der Waals surface area contributed by atoms with Gasteiger partial charge in [0.25, 0.3) is 0 Å². The van der Waals surface area contributed by atoms with Gasteiger partial charge in [0.1, 0.15) is 0 Å². The molecule has 0 spiro atoms. The van der Waals surface area contributed by atoms with Gasteiger partial charge in [-0.2, -0.15) is 0 Å². The van der Waals surface area contributed by atoms with Gasteiger partial charge < -0.3 is 10.6 Å². The maximum atomic E-state index is 5.97. The van der Waals surface area contributed by atoms with Crippen LogP contribution in [0.1, 0.15) is 64.7 Å². The van der Waals surface area contributed by atoms with Crippen molar-refractivity contribution in [2.24, 2.45) is 5.73 Å². The summed E-state index contributed by atoms with van der Waals surface area (Å²) in [6, 6.07) is 0.443. The van der Waals surface area contributed by atoms with E-state index in [1.54, 1.807) is 0 Å². The van der Waals surface area contributed by atoms with Gasteiger partial charge in [0.05, 0.1) is 0 Å². The van der Waals surface area contributed by atoms with Crippen molar-refractivity contribution >= 4 is 0 Å². The van der Waals surface area contributed by atoms with E-state index in [9.17, 15) is 0 Å². The lowest BCUT2D eigenvalue weighted by Crippen LogP contribution is -2.43. The Morgan fingerprint density at radius 2 is 1.75 bits per heavy atom. The van der Waals surface area contributed by atoms with E-state index in [-0.39, 0.29) is 0 Å². The molecular formula is C14H30N2. The van der Waals surface area contributed by atoms with Crippen molar-refractivity contribution < 1.29 is 0 Å². The predicted molar refractivity (Wildman–Crippen MR) is 71.6 cm³/mol. The minimum atomic E-state index is 0.443. The van der Waals surface area contributed by atoms with Crippen LogP contribution in [0, 0.1) is 0 Å². The zero-order valence-corrected chi connectivity index (χ0v) is 11.1. The fourth-order valence-corrected chi connectivity index (χ4v) is 2.59. The molecule has 1 aliphatic rings. The topological polar surface area (TPSA) is 29.3 Å². The molecule has 0 saturated carbocycles. The number of unbranched alkanes of at least 4 members (excludes halogenated alkanes) is 6. The van der Waals surface area contributed by atoms with Crippen molar-refractivity contribution in [3.05, 3.63) is 0 Å². The summed E-state index contributed by atoms with van der Waals surface area (Å²) >= 11 is 0. The minimum absolute atomic E-state index is 0.443. The number of hydrogen-bond donors (Lipinski definition) is 1. The van der Waals surface area contributed by atoms with Crippen LogP contribution >= 0.6 is 0 Å². The SMILES string of the molecule is CCCCCCCCCN1CCC[C@@H](N)C1. The van der Waals surface area contributed by atoms with Crippen LogP contribution in [0.25, 0.3) is 0 Å². The van der Waals surface area contributed by atoms with Gasteiger partial charge in [0, 0.05) is 12.6 Å². The predicted octanol–water partition coefficient (Wildman–Crippen LogP) is 3.16. The van der Waals surface area contributed by atoms with Crippen LogP contribution in [0.5, 0.6) is 0 Å². The molecule has 0 amide bonds. The summed E-state index contributed by atoms with van der Waals surface area (Å²) in [7, 11) is 0. The van der Waals surface area contributed by atoms with Gasteiger partial charge in [-0.1, -0.05) is 45.4 Å². The average Bonchev–Trinajstić information content (AvgIpc) is 2.28. The van der Waals surface area contributed by atoms with Crippen molar-refractivity contribution in [2.45, 2.75) is 70.8 Å². The Morgan fingerprint density at radius 1 is 1.06 bits per heavy atom. The molecule has 1 atom stereocenters. The van der Waals surface area contributed by atoms with Crippen LogP contribution in [0.15, 0.2) is 0 Å². The molecule has 1 heterocycles. The van der Waals surface area contributed by atoms with E-state index in [1.165, 1.54) is 70.9 Å². The second kappa shape index (κ2) is 9.00. The molecule has 2 heteroatoms. The summed E-state index contributed by atoms with van der Waals surface area (Å²) in [6.45, 7) is 5.97. The van der Waals surface area contributed by atoms with E-state index in [4.69, 9.17) is 5.73 Å². The molecule has 0 aromatic carbocycles. The molecular weight excluding hydrogens is 196 g/mol. The van der Waals surface area contributed by atoms with Crippen LogP contribution in [-0.4, -0.2) is 30.6 Å². The molecule has 0 radical (unpaired) electrons. The van der Waals surface area contributed by atoms with E-state index in [1.807, 2.05) is 0 Å². The normalized spacial score (nSPS) is 22.5. The molecule has 96 valence electrons. The van der Waals surface area contributed by atoms with Gasteiger partial charge >= 0.3 is 0 Å². The van der Waals surface area contributed by atoms with Crippen LogP contribution in [0.4, 0.5) is 0 Å². The Morgan fingerprint density at radius 3 is 2.44 bits per heavy atom. The van der Waals surface area contributed by atoms with Gasteiger partial charge in [0.2, 0.25) is 0 Å². The quantitative estimate of drug-likeness (QED) is 0.644. The molecule has 1 aliphatic heterocycles. The van der Waals surface area contributed by atoms with E-state index >= 15 is 0 Å². The van der Waals surface area contributed by atoms with E-state index < -0.39 is 0 Å². The van der Waals surface area contributed by atoms with Crippen molar-refractivity contribution in [3.63, 3.8) is 0 Å². The number of likely N-dealkylation sites (tertiary alicyclic amines) is 1. The minimum Gasteiger partial charge on any atom is -0.327 e. The lowest BCUT2D eigenvalue weighted by molar-refractivity contribution is 0.205. The number of nitrogens with two attached hydrogens (primary N) is 1. The fourth-order valence-electron chi connectivity index (χ4n) is 2.59. The zero-order chi connectivity index (χ0) is 11.6. The number of rotatable bonds is 8. The summed E-state index contributed by atoms with van der Waals surface area (Å²) in [5.74, 6) is 0. The molecule has 1 rings (SSSR count). The summed E-state index contributed by atoms with van der Waals surface area (Å²) in [6.07, 6.45) is 12.4. The number of hydrogen-bond acceptors (Lipinski definition) is 2. The molecule has 2 nitrogen and oxygen atoms in total. The van der Waals surface area contributed by atoms with Crippen molar-refractivity contribution in [2.75, 3.05) is 19.6 Å². The standard InChI is InChI=1S/C14H30N2/c1-2-3-4-5-6-7-8-11-16-12-9-10-14(15)13-16/h14H,2-13,15H2,1H3/t14-/m1/s1. The third-order valence-electron chi connectivity index (χ3n) is 3.62. The Balaban J connectivity index is 1.86. The van der Waals surface area contributed by atoms with Gasteiger partial charge in [-0.05, 0) is 32.4 Å². The molecule has 0 bridgehead atoms. The summed E-state index contributed by atoms with van der Waals surface area (Å²) in [4.78, 5) is 2.56. The van der Waals surface area contributed by atoms with Crippen molar-refractivity contribution in [1.29, 1.82) is 0 Å². The highest BCUT2D eigenvalue weighted by Gasteiger charge is 2.15. The summed E-state index contributed by atoms with van der Waals surface area (Å²) in [5.41, 5.74) is 5.97. The lowest BCUT2D eigenvalue weighted by atomic mass is 10.1. The molecule has 2 N–H and O–H groups in total. The third-order valence-corrected chi connectivity index (χ3v) is 3.62. The monoisotopic (exact) mass is 226 g/mol. The molecule has 1 saturated heterocycles. The molecule has 0 unspecified atom stereocenters. The van der Waals surface area contributed by atoms with Crippen LogP contribution in [0.2, 0.25) is 0 Å². The van der Waals surface area contributed by atoms with E-state index in [0.717, 1.165) is 6.54 Å². The van der Waals surface area contributed by atoms with Crippen molar-refractivity contribution in [3.8, 4) is 0 Å². The Labute approximate surface area is 102 Å². The molecule has 16 heavy (non-hydrogen) atoms. The first-order chi connectivity index (χ1) is 7.83. The smallest absolute Gasteiger partial charge is 0.0168 e. The van der Waals surface area contributed by atoms with E-state index in [2.05, 4.69) is 11.8 Å². The van der Waals surface area contributed by atoms with Gasteiger partial charge in [-0.3, -0.25) is 0 Å². The lowest BCUT2D eigenvalue weighted by Gasteiger charge is -2.30. The van der Waals surface area contributed by atoms with Gasteiger partial charge in [-0.15, -0.1) is 0 Å². The fraction of sp³-hybridized carbons (Fsp3) is 1.00. The highest BCUT2D eigenvalue weighted by molar-refractivity contribution is 4.74. The summed E-state index contributed by atoms with van der Waals surface area (Å²) < 4.78 is 0. The molecule has 0 aromatic heterocycles. The molecule has 0 aromatic rings. The average molecular weight is 226 g/mol. The van der Waals surface area contributed by atoms with Crippen LogP contribution < -0.4 is 5.73 Å². The first-order valence-electron chi connectivity index (χ1n) is 7.31. The Hall–Kier alpha value is -0.0800. The second-order valence-electron chi connectivity index (χ2n) is 5.32. The largest absolute Gasteiger partial charge is 0.327 e. The maximum absolute atomic E-state index is 5.97. The van der Waals surface area contributed by atoms with Crippen molar-refractivity contribution in [1.82, 2.24) is 4.90 Å². The van der Waals surface area contributed by atoms with Gasteiger partial charge in [0.15, 0.2) is 0 Å². The highest BCUT2D eigenvalue weighted by Crippen LogP contribution is 2.11. The van der Waals surface area contributed by atoms with E-state index in [0.29, 0.717) is 6.04 Å². The Bertz CT molecular complexity index is 159. The second-order valence-corrected chi connectivity index (χ2v) is 5.32. The number of nitrogens with zero attached hydrogens (tertiary/aromatic N) is 1. The Kier molecular flexibility index (Phi) is 7.87. The number of piperidine rings is 1. The first-order valence-corrected chi connectivity index (χ1v) is 7.31. The van der Waals surface area contributed by atoms with Crippen LogP contribution in [0.3, 0.4) is 0 Å². The van der Waals surface area contributed by atoms with Gasteiger partial charge in [-0.25, -0.2) is 0 Å². The highest BCUT2D eigenvalue weighted by atomic mass is 15.1. The molecule has 1 fully saturated rings. The first kappa shape index (κ1) is 14.0. The summed E-state index contributed by atoms with van der Waals surface area (Å²) in [5, 5.41) is 0. The molecule has 0 aliphatic carbocycles. The van der Waals surface area contributed by atoms with Crippen LogP contribution in [-0.2, 0) is 0 Å². The maximum Gasteiger partial charge on any atom is 0.0168 e.